The lowest BCUT2D eigenvalue weighted by Gasteiger charge is -1.98. The quantitative estimate of drug-likeness (QED) is 0.744. The van der Waals surface area contributed by atoms with Crippen LogP contribution in [-0.2, 0) is 0 Å². The summed E-state index contributed by atoms with van der Waals surface area (Å²) >= 11 is 5.77. The molecule has 0 saturated heterocycles. The number of hydrogen-bond donors (Lipinski definition) is 1. The number of aromatic nitrogens is 3. The van der Waals surface area contributed by atoms with Crippen molar-refractivity contribution in [2.75, 3.05) is 0 Å². The van der Waals surface area contributed by atoms with Gasteiger partial charge >= 0.3 is 5.69 Å². The Balaban J connectivity index is 2.59. The average molecular weight is 196 g/mol. The molecule has 66 valence electrons. The first-order valence-electron chi connectivity index (χ1n) is 3.65. The number of hydrogen-bond acceptors (Lipinski definition) is 2. The van der Waals surface area contributed by atoms with Gasteiger partial charge in [-0.05, 0) is 18.2 Å². The van der Waals surface area contributed by atoms with E-state index in [0.717, 1.165) is 0 Å². The van der Waals surface area contributed by atoms with Gasteiger partial charge in [-0.1, -0.05) is 17.7 Å². The van der Waals surface area contributed by atoms with Crippen LogP contribution >= 0.6 is 11.6 Å². The normalized spacial score (nSPS) is 10.2. The molecule has 0 spiro atoms. The zero-order chi connectivity index (χ0) is 9.26. The number of aromatic amines is 1. The number of halogens is 1. The highest BCUT2D eigenvalue weighted by atomic mass is 35.5. The van der Waals surface area contributed by atoms with Crippen molar-refractivity contribution in [1.29, 1.82) is 0 Å². The summed E-state index contributed by atoms with van der Waals surface area (Å²) in [4.78, 5) is 11.1. The van der Waals surface area contributed by atoms with Gasteiger partial charge in [0.1, 0.15) is 6.33 Å². The summed E-state index contributed by atoms with van der Waals surface area (Å²) in [5.74, 6) is 0. The predicted molar refractivity (Wildman–Crippen MR) is 49.2 cm³/mol. The SMILES string of the molecule is O=c1[nH]ncn1-c1cccc(Cl)c1. The molecule has 4 nitrogen and oxygen atoms in total. The van der Waals surface area contributed by atoms with Crippen molar-refractivity contribution in [3.8, 4) is 5.69 Å². The zero-order valence-electron chi connectivity index (χ0n) is 6.57. The van der Waals surface area contributed by atoms with Crippen molar-refractivity contribution < 1.29 is 0 Å². The first kappa shape index (κ1) is 8.07. The summed E-state index contributed by atoms with van der Waals surface area (Å²) in [5, 5.41) is 6.50. The molecule has 1 aromatic carbocycles. The molecule has 13 heavy (non-hydrogen) atoms. The summed E-state index contributed by atoms with van der Waals surface area (Å²) in [7, 11) is 0. The number of nitrogens with one attached hydrogen (secondary N) is 1. The van der Waals surface area contributed by atoms with Crippen LogP contribution in [0.3, 0.4) is 0 Å². The fourth-order valence-electron chi connectivity index (χ4n) is 1.06. The van der Waals surface area contributed by atoms with Gasteiger partial charge in [0.25, 0.3) is 0 Å². The minimum atomic E-state index is -0.276. The molecule has 0 amide bonds. The highest BCUT2D eigenvalue weighted by Gasteiger charge is 1.99. The van der Waals surface area contributed by atoms with Crippen molar-refractivity contribution in [1.82, 2.24) is 14.8 Å². The van der Waals surface area contributed by atoms with Crippen LogP contribution in [0.4, 0.5) is 0 Å². The van der Waals surface area contributed by atoms with Crippen LogP contribution in [0.5, 0.6) is 0 Å². The average Bonchev–Trinajstić information content (AvgIpc) is 2.51. The molecule has 0 radical (unpaired) electrons. The van der Waals surface area contributed by atoms with E-state index in [2.05, 4.69) is 10.2 Å². The molecule has 0 unspecified atom stereocenters. The van der Waals surface area contributed by atoms with E-state index in [4.69, 9.17) is 11.6 Å². The molecular formula is C8H6ClN3O. The molecule has 2 rings (SSSR count). The summed E-state index contributed by atoms with van der Waals surface area (Å²) in [6, 6.07) is 6.99. The third kappa shape index (κ3) is 1.48. The molecule has 0 saturated carbocycles. The number of H-pyrrole nitrogens is 1. The maximum Gasteiger partial charge on any atom is 0.347 e. The van der Waals surface area contributed by atoms with Gasteiger partial charge in [-0.2, -0.15) is 5.10 Å². The second-order valence-electron chi connectivity index (χ2n) is 2.51. The molecule has 0 fully saturated rings. The van der Waals surface area contributed by atoms with Crippen molar-refractivity contribution in [2.45, 2.75) is 0 Å². The third-order valence-electron chi connectivity index (χ3n) is 1.64. The molecule has 1 heterocycles. The van der Waals surface area contributed by atoms with Gasteiger partial charge in [-0.3, -0.25) is 0 Å². The Bertz CT molecular complexity index is 474. The van der Waals surface area contributed by atoms with Crippen LogP contribution in [0, 0.1) is 0 Å². The third-order valence-corrected chi connectivity index (χ3v) is 1.87. The summed E-state index contributed by atoms with van der Waals surface area (Å²) in [5.41, 5.74) is 0.425. The number of rotatable bonds is 1. The standard InChI is InChI=1S/C8H6ClN3O/c9-6-2-1-3-7(4-6)12-5-10-11-8(12)13/h1-5H,(H,11,13). The highest BCUT2D eigenvalue weighted by Crippen LogP contribution is 2.12. The van der Waals surface area contributed by atoms with E-state index in [0.29, 0.717) is 10.7 Å². The maximum absolute atomic E-state index is 11.1. The van der Waals surface area contributed by atoms with Crippen LogP contribution in [0.2, 0.25) is 5.02 Å². The Hall–Kier alpha value is -1.55. The Morgan fingerprint density at radius 1 is 1.46 bits per heavy atom. The molecule has 0 atom stereocenters. The molecule has 0 aliphatic rings. The van der Waals surface area contributed by atoms with Crippen LogP contribution in [-0.4, -0.2) is 14.8 Å². The van der Waals surface area contributed by atoms with Crippen molar-refractivity contribution >= 4 is 11.6 Å². The van der Waals surface area contributed by atoms with E-state index in [-0.39, 0.29) is 5.69 Å². The van der Waals surface area contributed by atoms with Crippen LogP contribution in [0.25, 0.3) is 5.69 Å². The smallest absolute Gasteiger partial charge is 0.250 e. The lowest BCUT2D eigenvalue weighted by Crippen LogP contribution is -2.13. The second-order valence-corrected chi connectivity index (χ2v) is 2.95. The Morgan fingerprint density at radius 2 is 2.31 bits per heavy atom. The van der Waals surface area contributed by atoms with E-state index in [1.807, 2.05) is 0 Å². The van der Waals surface area contributed by atoms with E-state index in [1.54, 1.807) is 24.3 Å². The fourth-order valence-corrected chi connectivity index (χ4v) is 1.24. The largest absolute Gasteiger partial charge is 0.347 e. The monoisotopic (exact) mass is 195 g/mol. The number of benzene rings is 1. The van der Waals surface area contributed by atoms with Gasteiger partial charge < -0.3 is 0 Å². The molecular weight excluding hydrogens is 190 g/mol. The Labute approximate surface area is 78.8 Å². The summed E-state index contributed by atoms with van der Waals surface area (Å²) < 4.78 is 1.38. The molecule has 5 heteroatoms. The van der Waals surface area contributed by atoms with Crippen molar-refractivity contribution in [3.05, 3.63) is 46.1 Å². The lowest BCUT2D eigenvalue weighted by molar-refractivity contribution is 0.983. The van der Waals surface area contributed by atoms with Gasteiger partial charge in [0.05, 0.1) is 5.69 Å². The van der Waals surface area contributed by atoms with Gasteiger partial charge in [0.2, 0.25) is 0 Å². The molecule has 2 aromatic rings. The second kappa shape index (κ2) is 3.06. The lowest BCUT2D eigenvalue weighted by atomic mass is 10.3. The number of nitrogens with zero attached hydrogens (tertiary/aromatic N) is 2. The molecule has 0 bridgehead atoms. The van der Waals surface area contributed by atoms with E-state index >= 15 is 0 Å². The Kier molecular flexibility index (Phi) is 1.90. The van der Waals surface area contributed by atoms with Crippen molar-refractivity contribution in [3.63, 3.8) is 0 Å². The molecule has 0 aliphatic carbocycles. The van der Waals surface area contributed by atoms with E-state index in [9.17, 15) is 4.79 Å². The fraction of sp³-hybridized carbons (Fsp3) is 0. The van der Waals surface area contributed by atoms with Gasteiger partial charge in [-0.25, -0.2) is 14.5 Å². The maximum atomic E-state index is 11.1. The van der Waals surface area contributed by atoms with E-state index < -0.39 is 0 Å². The van der Waals surface area contributed by atoms with Crippen LogP contribution in [0.15, 0.2) is 35.4 Å². The highest BCUT2D eigenvalue weighted by molar-refractivity contribution is 6.30. The van der Waals surface area contributed by atoms with E-state index in [1.165, 1.54) is 10.9 Å². The predicted octanol–water partition coefficient (Wildman–Crippen LogP) is 1.21. The minimum Gasteiger partial charge on any atom is -0.250 e. The minimum absolute atomic E-state index is 0.276. The van der Waals surface area contributed by atoms with Crippen LogP contribution in [0.1, 0.15) is 0 Å². The van der Waals surface area contributed by atoms with Crippen LogP contribution < -0.4 is 5.69 Å². The van der Waals surface area contributed by atoms with Gasteiger partial charge in [-0.15, -0.1) is 0 Å². The topological polar surface area (TPSA) is 50.7 Å². The Morgan fingerprint density at radius 3 is 2.92 bits per heavy atom. The van der Waals surface area contributed by atoms with Crippen molar-refractivity contribution in [2.24, 2.45) is 0 Å². The molecule has 1 N–H and O–H groups in total. The van der Waals surface area contributed by atoms with Gasteiger partial charge in [0.15, 0.2) is 0 Å². The molecule has 0 aliphatic heterocycles. The zero-order valence-corrected chi connectivity index (χ0v) is 7.32. The molecule has 1 aromatic heterocycles. The summed E-state index contributed by atoms with van der Waals surface area (Å²) in [6.45, 7) is 0. The first-order valence-corrected chi connectivity index (χ1v) is 4.03. The van der Waals surface area contributed by atoms with Gasteiger partial charge in [0, 0.05) is 5.02 Å². The first-order chi connectivity index (χ1) is 6.27. The summed E-state index contributed by atoms with van der Waals surface area (Å²) in [6.07, 6.45) is 1.41.